The summed E-state index contributed by atoms with van der Waals surface area (Å²) in [5.74, 6) is 1.43. The Bertz CT molecular complexity index is 266. The summed E-state index contributed by atoms with van der Waals surface area (Å²) in [7, 11) is 0. The first-order chi connectivity index (χ1) is 6.04. The topological polar surface area (TPSA) is 38.0 Å². The molecule has 1 N–H and O–H groups in total. The highest BCUT2D eigenvalue weighted by Gasteiger charge is 2.15. The predicted molar refractivity (Wildman–Crippen MR) is 52.7 cm³/mol. The second-order valence-corrected chi connectivity index (χ2v) is 3.83. The van der Waals surface area contributed by atoms with Gasteiger partial charge in [0.15, 0.2) is 0 Å². The molecule has 0 aliphatic heterocycles. The van der Waals surface area contributed by atoms with Crippen LogP contribution in [0.2, 0.25) is 0 Å². The van der Waals surface area contributed by atoms with E-state index < -0.39 is 0 Å². The van der Waals surface area contributed by atoms with E-state index >= 15 is 0 Å². The largest absolute Gasteiger partial charge is 0.391 e. The van der Waals surface area contributed by atoms with E-state index in [2.05, 4.69) is 18.8 Å². The Kier molecular flexibility index (Phi) is 3.09. The van der Waals surface area contributed by atoms with Gasteiger partial charge in [0.1, 0.15) is 5.82 Å². The van der Waals surface area contributed by atoms with Crippen LogP contribution in [0.15, 0.2) is 12.4 Å². The van der Waals surface area contributed by atoms with E-state index in [0.29, 0.717) is 5.92 Å². The lowest BCUT2D eigenvalue weighted by molar-refractivity contribution is 0.137. The zero-order valence-corrected chi connectivity index (χ0v) is 8.73. The second kappa shape index (κ2) is 3.92. The number of rotatable bonds is 3. The van der Waals surface area contributed by atoms with Crippen LogP contribution >= 0.6 is 0 Å². The Morgan fingerprint density at radius 1 is 1.31 bits per heavy atom. The first kappa shape index (κ1) is 10.3. The van der Waals surface area contributed by atoms with Crippen molar-refractivity contribution in [2.75, 3.05) is 0 Å². The molecule has 1 aromatic heterocycles. The summed E-state index contributed by atoms with van der Waals surface area (Å²) in [5.41, 5.74) is 0. The van der Waals surface area contributed by atoms with Gasteiger partial charge in [0.25, 0.3) is 0 Å². The van der Waals surface area contributed by atoms with Crippen LogP contribution in [0.1, 0.15) is 45.5 Å². The minimum absolute atomic E-state index is 0.0971. The zero-order chi connectivity index (χ0) is 10.0. The average molecular weight is 182 g/mol. The standard InChI is InChI=1S/C10H18N2O/c1-7(2)10-11-5-6-12(10)8(3)9(4)13/h5-9,13H,1-4H3. The lowest BCUT2D eigenvalue weighted by Crippen LogP contribution is -2.20. The van der Waals surface area contributed by atoms with E-state index in [-0.39, 0.29) is 12.1 Å². The highest BCUT2D eigenvalue weighted by atomic mass is 16.3. The van der Waals surface area contributed by atoms with Crippen molar-refractivity contribution in [2.24, 2.45) is 0 Å². The molecular formula is C10H18N2O. The van der Waals surface area contributed by atoms with Gasteiger partial charge in [-0.3, -0.25) is 0 Å². The highest BCUT2D eigenvalue weighted by molar-refractivity contribution is 5.00. The Labute approximate surface area is 79.4 Å². The van der Waals surface area contributed by atoms with Crippen molar-refractivity contribution >= 4 is 0 Å². The van der Waals surface area contributed by atoms with E-state index in [1.54, 1.807) is 13.1 Å². The van der Waals surface area contributed by atoms with Gasteiger partial charge in [0, 0.05) is 18.3 Å². The number of aliphatic hydroxyl groups is 1. The molecule has 13 heavy (non-hydrogen) atoms. The SMILES string of the molecule is CC(C)c1nccn1C(C)C(C)O. The smallest absolute Gasteiger partial charge is 0.111 e. The molecule has 2 unspecified atom stereocenters. The minimum atomic E-state index is -0.341. The van der Waals surface area contributed by atoms with E-state index in [9.17, 15) is 5.11 Å². The molecule has 3 heteroatoms. The summed E-state index contributed by atoms with van der Waals surface area (Å²) in [6.07, 6.45) is 3.37. The molecule has 0 radical (unpaired) electrons. The molecule has 0 aromatic carbocycles. The Morgan fingerprint density at radius 3 is 2.38 bits per heavy atom. The van der Waals surface area contributed by atoms with Crippen LogP contribution in [0.25, 0.3) is 0 Å². The third kappa shape index (κ3) is 2.10. The van der Waals surface area contributed by atoms with Crippen molar-refractivity contribution in [1.29, 1.82) is 0 Å². The Morgan fingerprint density at radius 2 is 1.92 bits per heavy atom. The molecule has 2 atom stereocenters. The normalized spacial score (nSPS) is 16.2. The fraction of sp³-hybridized carbons (Fsp3) is 0.700. The minimum Gasteiger partial charge on any atom is -0.391 e. The van der Waals surface area contributed by atoms with Crippen molar-refractivity contribution in [2.45, 2.75) is 45.8 Å². The van der Waals surface area contributed by atoms with Crippen molar-refractivity contribution in [1.82, 2.24) is 9.55 Å². The van der Waals surface area contributed by atoms with Gasteiger partial charge in [-0.1, -0.05) is 13.8 Å². The first-order valence-corrected chi connectivity index (χ1v) is 4.74. The van der Waals surface area contributed by atoms with Crippen LogP contribution in [0.5, 0.6) is 0 Å². The number of aromatic nitrogens is 2. The van der Waals surface area contributed by atoms with Crippen molar-refractivity contribution in [3.8, 4) is 0 Å². The van der Waals surface area contributed by atoms with Crippen molar-refractivity contribution < 1.29 is 5.11 Å². The fourth-order valence-electron chi connectivity index (χ4n) is 1.35. The van der Waals surface area contributed by atoms with Gasteiger partial charge in [-0.15, -0.1) is 0 Å². The van der Waals surface area contributed by atoms with Crippen molar-refractivity contribution in [3.63, 3.8) is 0 Å². The molecule has 0 spiro atoms. The second-order valence-electron chi connectivity index (χ2n) is 3.83. The number of hydrogen-bond donors (Lipinski definition) is 1. The van der Waals surface area contributed by atoms with Gasteiger partial charge < -0.3 is 9.67 Å². The monoisotopic (exact) mass is 182 g/mol. The van der Waals surface area contributed by atoms with E-state index in [0.717, 1.165) is 5.82 Å². The third-order valence-corrected chi connectivity index (χ3v) is 2.35. The molecule has 0 bridgehead atoms. The van der Waals surface area contributed by atoms with Crippen molar-refractivity contribution in [3.05, 3.63) is 18.2 Å². The van der Waals surface area contributed by atoms with Gasteiger partial charge in [-0.25, -0.2) is 4.98 Å². The maximum atomic E-state index is 9.45. The van der Waals surface area contributed by atoms with Gasteiger partial charge in [-0.05, 0) is 13.8 Å². The fourth-order valence-corrected chi connectivity index (χ4v) is 1.35. The average Bonchev–Trinajstić information content (AvgIpc) is 2.50. The van der Waals surface area contributed by atoms with Crippen LogP contribution in [-0.4, -0.2) is 20.8 Å². The molecule has 0 fully saturated rings. The molecule has 0 aliphatic carbocycles. The van der Waals surface area contributed by atoms with E-state index in [1.165, 1.54) is 0 Å². The molecule has 0 amide bonds. The third-order valence-electron chi connectivity index (χ3n) is 2.35. The lowest BCUT2D eigenvalue weighted by Gasteiger charge is -2.20. The van der Waals surface area contributed by atoms with E-state index in [4.69, 9.17) is 0 Å². The first-order valence-electron chi connectivity index (χ1n) is 4.74. The maximum absolute atomic E-state index is 9.45. The molecule has 0 saturated heterocycles. The van der Waals surface area contributed by atoms with Crippen LogP contribution in [0, 0.1) is 0 Å². The number of aliphatic hydroxyl groups excluding tert-OH is 1. The molecule has 1 rings (SSSR count). The summed E-state index contributed by atoms with van der Waals surface area (Å²) in [4.78, 5) is 4.27. The van der Waals surface area contributed by atoms with E-state index in [1.807, 2.05) is 17.7 Å². The summed E-state index contributed by atoms with van der Waals surface area (Å²) >= 11 is 0. The molecule has 74 valence electrons. The summed E-state index contributed by atoms with van der Waals surface area (Å²) < 4.78 is 2.04. The number of imidazole rings is 1. The molecule has 3 nitrogen and oxygen atoms in total. The van der Waals surface area contributed by atoms with Gasteiger partial charge in [-0.2, -0.15) is 0 Å². The zero-order valence-electron chi connectivity index (χ0n) is 8.73. The quantitative estimate of drug-likeness (QED) is 0.775. The number of nitrogens with zero attached hydrogens (tertiary/aromatic N) is 2. The molecule has 1 aromatic rings. The molecular weight excluding hydrogens is 164 g/mol. The predicted octanol–water partition coefficient (Wildman–Crippen LogP) is 1.95. The highest BCUT2D eigenvalue weighted by Crippen LogP contribution is 2.18. The van der Waals surface area contributed by atoms with Gasteiger partial charge in [0.05, 0.1) is 12.1 Å². The summed E-state index contributed by atoms with van der Waals surface area (Å²) in [6.45, 7) is 8.01. The van der Waals surface area contributed by atoms with Crippen LogP contribution in [0.3, 0.4) is 0 Å². The molecule has 0 saturated carbocycles. The lowest BCUT2D eigenvalue weighted by atomic mass is 10.1. The maximum Gasteiger partial charge on any atom is 0.111 e. The Hall–Kier alpha value is -0.830. The number of hydrogen-bond acceptors (Lipinski definition) is 2. The van der Waals surface area contributed by atoms with Crippen LogP contribution < -0.4 is 0 Å². The summed E-state index contributed by atoms with van der Waals surface area (Å²) in [6, 6.07) is 0.0971. The molecule has 1 heterocycles. The summed E-state index contributed by atoms with van der Waals surface area (Å²) in [5, 5.41) is 9.45. The van der Waals surface area contributed by atoms with Crippen LogP contribution in [-0.2, 0) is 0 Å². The molecule has 0 aliphatic rings. The Balaban J connectivity index is 2.93. The van der Waals surface area contributed by atoms with Gasteiger partial charge in [0.2, 0.25) is 0 Å². The van der Waals surface area contributed by atoms with Gasteiger partial charge >= 0.3 is 0 Å². The van der Waals surface area contributed by atoms with Crippen LogP contribution in [0.4, 0.5) is 0 Å².